The maximum absolute atomic E-state index is 15.6. The van der Waals surface area contributed by atoms with Gasteiger partial charge in [-0.1, -0.05) is 30.3 Å². The molecule has 0 amide bonds. The number of hydrogen-bond acceptors (Lipinski definition) is 6. The van der Waals surface area contributed by atoms with Gasteiger partial charge in [-0.2, -0.15) is 4.31 Å². The summed E-state index contributed by atoms with van der Waals surface area (Å²) in [5, 5.41) is 9.74. The van der Waals surface area contributed by atoms with Gasteiger partial charge in [-0.05, 0) is 57.2 Å². The van der Waals surface area contributed by atoms with Crippen LogP contribution in [0.5, 0.6) is 5.88 Å². The lowest BCUT2D eigenvalue weighted by atomic mass is 9.57. The second-order valence-corrected chi connectivity index (χ2v) is 12.9. The molecule has 5 rings (SSSR count). The molecule has 0 bridgehead atoms. The maximum atomic E-state index is 15.6. The number of rotatable bonds is 7. The van der Waals surface area contributed by atoms with E-state index in [1.807, 2.05) is 6.07 Å². The molecule has 0 radical (unpaired) electrons. The Kier molecular flexibility index (Phi) is 7.00. The van der Waals surface area contributed by atoms with Crippen LogP contribution in [0.15, 0.2) is 61.1 Å². The zero-order valence-electron chi connectivity index (χ0n) is 21.3. The molecule has 2 fully saturated rings. The Labute approximate surface area is 221 Å². The lowest BCUT2D eigenvalue weighted by molar-refractivity contribution is -0.0913. The van der Waals surface area contributed by atoms with E-state index in [1.54, 1.807) is 38.1 Å². The Morgan fingerprint density at radius 3 is 2.50 bits per heavy atom. The predicted molar refractivity (Wildman–Crippen MR) is 138 cm³/mol. The van der Waals surface area contributed by atoms with Crippen LogP contribution in [0.2, 0.25) is 0 Å². The van der Waals surface area contributed by atoms with Gasteiger partial charge in [0, 0.05) is 41.5 Å². The number of hydrogen-bond donors (Lipinski definition) is 1. The van der Waals surface area contributed by atoms with Crippen molar-refractivity contribution in [2.75, 3.05) is 6.61 Å². The highest BCUT2D eigenvalue weighted by Crippen LogP contribution is 2.51. The van der Waals surface area contributed by atoms with Crippen molar-refractivity contribution < 1.29 is 27.0 Å². The van der Waals surface area contributed by atoms with Crippen LogP contribution in [-0.2, 0) is 22.0 Å². The largest absolute Gasteiger partial charge is 0.476 e. The molecule has 1 saturated carbocycles. The van der Waals surface area contributed by atoms with Crippen LogP contribution in [0.4, 0.5) is 8.78 Å². The monoisotopic (exact) mass is 543 g/mol. The summed E-state index contributed by atoms with van der Waals surface area (Å²) in [6.07, 6.45) is 5.81. The van der Waals surface area contributed by atoms with Gasteiger partial charge in [0.1, 0.15) is 16.9 Å². The molecule has 202 valence electrons. The molecule has 2 heterocycles. The molecule has 7 nitrogen and oxygen atoms in total. The third-order valence-corrected chi connectivity index (χ3v) is 10.1. The molecule has 2 atom stereocenters. The first-order chi connectivity index (χ1) is 18.0. The van der Waals surface area contributed by atoms with E-state index >= 15 is 8.78 Å². The van der Waals surface area contributed by atoms with Crippen molar-refractivity contribution in [2.24, 2.45) is 0 Å². The van der Waals surface area contributed by atoms with E-state index in [2.05, 4.69) is 9.97 Å². The van der Waals surface area contributed by atoms with Gasteiger partial charge in [-0.3, -0.25) is 4.98 Å². The summed E-state index contributed by atoms with van der Waals surface area (Å²) in [7, 11) is -3.80. The summed E-state index contributed by atoms with van der Waals surface area (Å²) in [6, 6.07) is 10.8. The SMILES string of the molecule is CC1CCC(c2ccccc2)S(=O)(=O)N1Cc1cc(F)c(C2(COc3cnccn3)CC(C)(O)C2)cc1F. The Bertz CT molecular complexity index is 1400. The average Bonchev–Trinajstić information content (AvgIpc) is 2.86. The van der Waals surface area contributed by atoms with Crippen molar-refractivity contribution in [3.63, 3.8) is 0 Å². The first-order valence-corrected chi connectivity index (χ1v) is 14.2. The van der Waals surface area contributed by atoms with E-state index in [9.17, 15) is 13.5 Å². The highest BCUT2D eigenvalue weighted by atomic mass is 32.2. The highest BCUT2D eigenvalue weighted by molar-refractivity contribution is 7.89. The van der Waals surface area contributed by atoms with Crippen molar-refractivity contribution in [3.8, 4) is 5.88 Å². The van der Waals surface area contributed by atoms with Crippen molar-refractivity contribution in [1.82, 2.24) is 14.3 Å². The minimum atomic E-state index is -3.80. The van der Waals surface area contributed by atoms with Crippen LogP contribution in [0, 0.1) is 11.6 Å². The lowest BCUT2D eigenvalue weighted by Gasteiger charge is -2.51. The van der Waals surface area contributed by atoms with Crippen LogP contribution in [0.1, 0.15) is 61.5 Å². The Morgan fingerprint density at radius 2 is 1.84 bits per heavy atom. The summed E-state index contributed by atoms with van der Waals surface area (Å²) in [6.45, 7) is 3.14. The number of benzene rings is 2. The first-order valence-electron chi connectivity index (χ1n) is 12.7. The normalized spacial score (nSPS) is 29.0. The van der Waals surface area contributed by atoms with E-state index in [0.717, 1.165) is 12.1 Å². The molecule has 3 aromatic rings. The molecule has 1 aliphatic heterocycles. The first kappa shape index (κ1) is 26.6. The molecule has 2 aromatic carbocycles. The van der Waals surface area contributed by atoms with E-state index in [4.69, 9.17) is 4.74 Å². The smallest absolute Gasteiger partial charge is 0.232 e. The molecule has 2 unspecified atom stereocenters. The molecular formula is C28H31F2N3O4S. The third-order valence-electron chi connectivity index (χ3n) is 7.70. The molecule has 2 aliphatic rings. The Hall–Kier alpha value is -2.95. The van der Waals surface area contributed by atoms with Gasteiger partial charge in [0.05, 0.1) is 18.4 Å². The van der Waals surface area contributed by atoms with Crippen LogP contribution in [0.25, 0.3) is 0 Å². The van der Waals surface area contributed by atoms with E-state index in [-0.39, 0.29) is 49.0 Å². The zero-order chi connectivity index (χ0) is 27.1. The average molecular weight is 544 g/mol. The van der Waals surface area contributed by atoms with Gasteiger partial charge in [-0.25, -0.2) is 22.2 Å². The quantitative estimate of drug-likeness (QED) is 0.466. The standard InChI is InChI=1S/C28H31F2N3O4S/c1-19-8-9-25(20-6-4-3-5-7-20)38(35,36)33(19)15-21-12-24(30)22(13-23(21)29)28(16-27(2,34)17-28)18-37-26-14-31-10-11-32-26/h3-7,10-14,19,25,34H,8-9,15-18H2,1-2H3. The van der Waals surface area contributed by atoms with Gasteiger partial charge in [-0.15, -0.1) is 0 Å². The van der Waals surface area contributed by atoms with E-state index in [1.165, 1.54) is 22.9 Å². The number of aliphatic hydroxyl groups is 1. The summed E-state index contributed by atoms with van der Waals surface area (Å²) in [5.74, 6) is -1.12. The molecule has 38 heavy (non-hydrogen) atoms. The van der Waals surface area contributed by atoms with Crippen molar-refractivity contribution in [3.05, 3.63) is 89.4 Å². The summed E-state index contributed by atoms with van der Waals surface area (Å²) < 4.78 is 65.3. The fourth-order valence-corrected chi connectivity index (χ4v) is 8.17. The fourth-order valence-electron chi connectivity index (χ4n) is 5.98. The van der Waals surface area contributed by atoms with Crippen LogP contribution < -0.4 is 4.74 Å². The molecule has 0 spiro atoms. The molecule has 1 aliphatic carbocycles. The fraction of sp³-hybridized carbons (Fsp3) is 0.429. The molecule has 1 aromatic heterocycles. The van der Waals surface area contributed by atoms with Crippen LogP contribution in [0.3, 0.4) is 0 Å². The number of halogens is 2. The summed E-state index contributed by atoms with van der Waals surface area (Å²) in [4.78, 5) is 8.01. The summed E-state index contributed by atoms with van der Waals surface area (Å²) in [5.41, 5.74) is -1.27. The van der Waals surface area contributed by atoms with Crippen LogP contribution >= 0.6 is 0 Å². The van der Waals surface area contributed by atoms with Gasteiger partial charge >= 0.3 is 0 Å². The van der Waals surface area contributed by atoms with Crippen molar-refractivity contribution in [1.29, 1.82) is 0 Å². The molecule has 1 N–H and O–H groups in total. The van der Waals surface area contributed by atoms with Gasteiger partial charge < -0.3 is 9.84 Å². The lowest BCUT2D eigenvalue weighted by Crippen LogP contribution is -2.56. The van der Waals surface area contributed by atoms with Gasteiger partial charge in [0.25, 0.3) is 0 Å². The van der Waals surface area contributed by atoms with Gasteiger partial charge in [0.15, 0.2) is 0 Å². The predicted octanol–water partition coefficient (Wildman–Crippen LogP) is 4.67. The zero-order valence-corrected chi connectivity index (χ0v) is 22.2. The van der Waals surface area contributed by atoms with Crippen LogP contribution in [-0.4, -0.2) is 46.0 Å². The Balaban J connectivity index is 1.42. The number of nitrogens with zero attached hydrogens (tertiary/aromatic N) is 3. The number of sulfonamides is 1. The number of ether oxygens (including phenoxy) is 1. The second kappa shape index (κ2) is 9.98. The molecular weight excluding hydrogens is 512 g/mol. The minimum absolute atomic E-state index is 0.0200. The third kappa shape index (κ3) is 5.04. The van der Waals surface area contributed by atoms with E-state index < -0.39 is 37.9 Å². The van der Waals surface area contributed by atoms with Gasteiger partial charge in [0.2, 0.25) is 15.9 Å². The summed E-state index contributed by atoms with van der Waals surface area (Å²) >= 11 is 0. The Morgan fingerprint density at radius 1 is 1.11 bits per heavy atom. The topological polar surface area (TPSA) is 92.6 Å². The van der Waals surface area contributed by atoms with Crippen molar-refractivity contribution >= 4 is 10.0 Å². The molecule has 1 saturated heterocycles. The highest BCUT2D eigenvalue weighted by Gasteiger charge is 2.54. The molecule has 10 heteroatoms. The second-order valence-electron chi connectivity index (χ2n) is 10.8. The maximum Gasteiger partial charge on any atom is 0.232 e. The minimum Gasteiger partial charge on any atom is -0.476 e. The van der Waals surface area contributed by atoms with Crippen molar-refractivity contribution in [2.45, 2.75) is 68.4 Å². The number of aromatic nitrogens is 2. The van der Waals surface area contributed by atoms with E-state index in [0.29, 0.717) is 18.4 Å².